The van der Waals surface area contributed by atoms with Crippen LogP contribution in [0.15, 0.2) is 45.4 Å². The van der Waals surface area contributed by atoms with E-state index in [1.807, 2.05) is 45.0 Å². The van der Waals surface area contributed by atoms with Crippen molar-refractivity contribution in [3.63, 3.8) is 0 Å². The van der Waals surface area contributed by atoms with Gasteiger partial charge in [-0.3, -0.25) is 14.4 Å². The molecule has 0 spiro atoms. The van der Waals surface area contributed by atoms with Crippen molar-refractivity contribution in [3.05, 3.63) is 36.4 Å². The molecule has 17 nitrogen and oxygen atoms in total. The number of benzene rings is 1. The summed E-state index contributed by atoms with van der Waals surface area (Å²) >= 11 is 0. The third kappa shape index (κ3) is 11.2. The third-order valence-electron chi connectivity index (χ3n) is 12.4. The topological polar surface area (TPSA) is 213 Å². The second-order valence-corrected chi connectivity index (χ2v) is 17.8. The molecule has 344 valence electrons. The molecule has 0 aliphatic carbocycles. The number of oxime groups is 1. The fraction of sp³-hybridized carbons (Fsp3) is 0.689. The number of cyclic esters (lactones) is 1. The Kier molecular flexibility index (Phi) is 16.3. The number of nitrogens with zero attached hydrogens (tertiary/aromatic N) is 4. The summed E-state index contributed by atoms with van der Waals surface area (Å²) in [5, 5.41) is 31.7. The summed E-state index contributed by atoms with van der Waals surface area (Å²) in [6.45, 7) is 18.9. The van der Waals surface area contributed by atoms with Gasteiger partial charge in [0, 0.05) is 37.1 Å². The maximum atomic E-state index is 14.5. The highest BCUT2D eigenvalue weighted by atomic mass is 16.7. The number of carbonyl (C=O) groups is 3. The number of fused-ring (bicyclic) bond motifs is 6. The molecule has 1 aromatic heterocycles. The molecule has 3 aliphatic rings. The number of ether oxygens (including phenoxy) is 5. The van der Waals surface area contributed by atoms with E-state index in [9.17, 15) is 24.6 Å². The van der Waals surface area contributed by atoms with Crippen molar-refractivity contribution >= 4 is 46.2 Å². The maximum Gasteiger partial charge on any atom is 0.316 e. The quantitative estimate of drug-likeness (QED) is 0.126. The van der Waals surface area contributed by atoms with E-state index in [1.54, 1.807) is 39.8 Å². The molecule has 3 fully saturated rings. The fourth-order valence-electron chi connectivity index (χ4n) is 9.10. The van der Waals surface area contributed by atoms with Gasteiger partial charge in [-0.1, -0.05) is 45.0 Å². The van der Waals surface area contributed by atoms with Crippen molar-refractivity contribution in [1.82, 2.24) is 9.88 Å². The molecular formula is C45H67N5O12. The molecule has 2 bridgehead atoms. The Morgan fingerprint density at radius 2 is 1.85 bits per heavy atom. The van der Waals surface area contributed by atoms with Crippen LogP contribution < -0.4 is 5.32 Å². The molecular weight excluding hydrogens is 803 g/mol. The number of nitrogens with one attached hydrogen (secondary N) is 1. The lowest BCUT2D eigenvalue weighted by molar-refractivity contribution is -0.296. The van der Waals surface area contributed by atoms with E-state index < -0.39 is 83.2 Å². The van der Waals surface area contributed by atoms with Crippen molar-refractivity contribution in [2.75, 3.05) is 39.2 Å². The zero-order valence-corrected chi connectivity index (χ0v) is 38.1. The number of aromatic nitrogens is 1. The molecule has 17 heteroatoms. The number of esters is 1. The van der Waals surface area contributed by atoms with Crippen LogP contribution in [0.1, 0.15) is 87.1 Å². The Morgan fingerprint density at radius 1 is 1.13 bits per heavy atom. The number of anilines is 1. The van der Waals surface area contributed by atoms with Gasteiger partial charge in [0.2, 0.25) is 5.91 Å². The van der Waals surface area contributed by atoms with Crippen LogP contribution in [-0.4, -0.2) is 137 Å². The number of amides is 1. The molecule has 0 saturated carbocycles. The van der Waals surface area contributed by atoms with Gasteiger partial charge < -0.3 is 53.4 Å². The first-order valence-corrected chi connectivity index (χ1v) is 21.6. The molecule has 1 amide bonds. The van der Waals surface area contributed by atoms with Crippen molar-refractivity contribution < 1.29 is 57.5 Å². The number of Topliss-reactive ketones (excluding diaryl/α,β-unsaturated/α-hetero) is 1. The molecule has 3 N–H and O–H groups in total. The zero-order chi connectivity index (χ0) is 45.7. The van der Waals surface area contributed by atoms with Gasteiger partial charge in [0.25, 0.3) is 6.01 Å². The Labute approximate surface area is 364 Å². The number of aliphatic hydroxyl groups excluding tert-OH is 1. The van der Waals surface area contributed by atoms with E-state index in [2.05, 4.69) is 27.0 Å². The van der Waals surface area contributed by atoms with E-state index in [4.69, 9.17) is 32.9 Å². The number of carbonyl (C=O) groups excluding carboxylic acids is 3. The number of hydrogen-bond acceptors (Lipinski definition) is 16. The van der Waals surface area contributed by atoms with Crippen LogP contribution in [0.5, 0.6) is 0 Å². The minimum absolute atomic E-state index is 0.0359. The first kappa shape index (κ1) is 48.9. The second-order valence-electron chi connectivity index (χ2n) is 17.8. The van der Waals surface area contributed by atoms with Crippen molar-refractivity contribution in [2.24, 2.45) is 33.8 Å². The number of oxazole rings is 1. The highest BCUT2D eigenvalue weighted by molar-refractivity contribution is 6.00. The minimum Gasteiger partial charge on any atom is -0.459 e. The average Bonchev–Trinajstić information content (AvgIpc) is 3.62. The van der Waals surface area contributed by atoms with Crippen LogP contribution in [0.3, 0.4) is 0 Å². The van der Waals surface area contributed by atoms with Crippen LogP contribution in [0.4, 0.5) is 6.01 Å². The van der Waals surface area contributed by atoms with Gasteiger partial charge in [0.05, 0.1) is 37.1 Å². The normalized spacial score (nSPS) is 36.8. The average molecular weight is 870 g/mol. The smallest absolute Gasteiger partial charge is 0.316 e. The SMILES string of the molecule is C=CCNc1nc2cc(CO/N=C3\CO[C@H]4[C@@H](C)C(=NC(C)=O)[C@H](C)C[C@@](C)(OC3)[C@H](O[C@@H]3O[C@H](C)C[C@H](N(C)C)[C@H]3O)[C@@H](C)C(=O)[C@@H](C)C(=O)O[C@H](CC)[C@@]4(C)O)ccc2o1. The molecule has 3 saturated heterocycles. The lowest BCUT2D eigenvalue weighted by Crippen LogP contribution is -2.60. The van der Waals surface area contributed by atoms with Gasteiger partial charge in [-0.15, -0.1) is 6.58 Å². The van der Waals surface area contributed by atoms with E-state index in [0.29, 0.717) is 35.8 Å². The highest BCUT2D eigenvalue weighted by Crippen LogP contribution is 2.40. The number of hydrogen-bond donors (Lipinski definition) is 3. The summed E-state index contributed by atoms with van der Waals surface area (Å²) in [6.07, 6.45) is -3.51. The van der Waals surface area contributed by atoms with Gasteiger partial charge >= 0.3 is 5.97 Å². The van der Waals surface area contributed by atoms with Crippen LogP contribution in [-0.2, 0) is 49.5 Å². The fourth-order valence-corrected chi connectivity index (χ4v) is 9.10. The summed E-state index contributed by atoms with van der Waals surface area (Å²) in [4.78, 5) is 58.1. The number of aliphatic imine (C=N–C) groups is 1. The predicted molar refractivity (Wildman–Crippen MR) is 232 cm³/mol. The van der Waals surface area contributed by atoms with E-state index in [1.165, 1.54) is 20.8 Å². The van der Waals surface area contributed by atoms with Crippen LogP contribution in [0.2, 0.25) is 0 Å². The molecule has 13 atom stereocenters. The largest absolute Gasteiger partial charge is 0.459 e. The Morgan fingerprint density at radius 3 is 2.52 bits per heavy atom. The monoisotopic (exact) mass is 869 g/mol. The molecule has 4 heterocycles. The summed E-state index contributed by atoms with van der Waals surface area (Å²) in [5.74, 6) is -5.38. The maximum absolute atomic E-state index is 14.5. The van der Waals surface area contributed by atoms with E-state index >= 15 is 0 Å². The standard InChI is InChI=1S/C45H67N5O12/c1-13-17-46-43-48-32-19-30(15-16-34(32)60-43)21-58-49-31-22-56-40-26(5)36(47-29(8)51)24(3)20-44(9,57-23-31)39(62-42-38(53)33(50(11)12)18-25(4)59-42)27(6)37(52)28(7)41(54)61-35(14-2)45(40,10)55/h13,15-16,19,24-28,33,35,38-40,42,53,55H,1,14,17-18,20-23H2,2-12H3,(H,46,48)/b47-36?,49-31+/t24-,25-,26+,27+,28-,33+,35-,38-,39-,40+,42+,44-,45-/m1/s1. The zero-order valence-electron chi connectivity index (χ0n) is 38.1. The number of ketones is 1. The van der Waals surface area contributed by atoms with Crippen LogP contribution >= 0.6 is 0 Å². The molecule has 1 aromatic carbocycles. The molecule has 0 unspecified atom stereocenters. The third-order valence-corrected chi connectivity index (χ3v) is 12.4. The predicted octanol–water partition coefficient (Wildman–Crippen LogP) is 4.86. The summed E-state index contributed by atoms with van der Waals surface area (Å²) in [6, 6.07) is 5.47. The van der Waals surface area contributed by atoms with Gasteiger partial charge in [0.15, 0.2) is 17.7 Å². The van der Waals surface area contributed by atoms with Crippen LogP contribution in [0.25, 0.3) is 11.1 Å². The number of rotatable bonds is 10. The number of likely N-dealkylation sites (N-methyl/N-ethyl adjacent to an activating group) is 1. The first-order valence-electron chi connectivity index (χ1n) is 21.6. The van der Waals surface area contributed by atoms with Crippen LogP contribution in [0, 0.1) is 23.7 Å². The summed E-state index contributed by atoms with van der Waals surface area (Å²) in [5.41, 5.74) is -0.647. The Bertz CT molecular complexity index is 1960. The van der Waals surface area contributed by atoms with Crippen molar-refractivity contribution in [2.45, 2.75) is 142 Å². The lowest BCUT2D eigenvalue weighted by atomic mass is 9.73. The summed E-state index contributed by atoms with van der Waals surface area (Å²) in [7, 11) is 3.73. The van der Waals surface area contributed by atoms with E-state index in [-0.39, 0.29) is 50.5 Å². The molecule has 5 rings (SSSR count). The second kappa shape index (κ2) is 20.6. The lowest BCUT2D eigenvalue weighted by Gasteiger charge is -2.47. The number of aliphatic hydroxyl groups is 2. The van der Waals surface area contributed by atoms with E-state index in [0.717, 1.165) is 5.56 Å². The van der Waals surface area contributed by atoms with Gasteiger partial charge in [-0.25, -0.2) is 4.99 Å². The molecule has 0 radical (unpaired) electrons. The minimum atomic E-state index is -1.87. The van der Waals surface area contributed by atoms with Gasteiger partial charge in [-0.05, 0) is 84.7 Å². The highest BCUT2D eigenvalue weighted by Gasteiger charge is 2.53. The first-order chi connectivity index (χ1) is 29.2. The molecule has 3 aliphatic heterocycles. The van der Waals surface area contributed by atoms with Gasteiger partial charge in [0.1, 0.15) is 41.6 Å². The van der Waals surface area contributed by atoms with Crippen molar-refractivity contribution in [1.29, 1.82) is 0 Å². The summed E-state index contributed by atoms with van der Waals surface area (Å²) < 4.78 is 38.3. The van der Waals surface area contributed by atoms with Crippen molar-refractivity contribution in [3.8, 4) is 0 Å². The molecule has 62 heavy (non-hydrogen) atoms. The van der Waals surface area contributed by atoms with Gasteiger partial charge in [-0.2, -0.15) is 4.98 Å². The molecule has 2 aromatic rings. The Balaban J connectivity index is 1.63. The Hall–Kier alpha value is -4.10.